The molecule has 1 saturated carbocycles. The number of benzene rings is 1. The van der Waals surface area contributed by atoms with E-state index in [2.05, 4.69) is 0 Å². The first-order valence-electron chi connectivity index (χ1n) is 7.21. The summed E-state index contributed by atoms with van der Waals surface area (Å²) in [5.41, 5.74) is 0. The molecule has 0 aromatic heterocycles. The van der Waals surface area contributed by atoms with Gasteiger partial charge in [-0.2, -0.15) is 8.42 Å². The molecular formula is C15H24O4S. The molecule has 4 nitrogen and oxygen atoms in total. The van der Waals surface area contributed by atoms with Crippen molar-refractivity contribution in [3.05, 3.63) is 30.3 Å². The molecule has 0 atom stereocenters. The number of hydrogen-bond donors (Lipinski definition) is 2. The van der Waals surface area contributed by atoms with Gasteiger partial charge in [0.25, 0.3) is 10.1 Å². The molecule has 0 radical (unpaired) electrons. The van der Waals surface area contributed by atoms with Gasteiger partial charge in [-0.25, -0.2) is 0 Å². The highest BCUT2D eigenvalue weighted by Gasteiger charge is 2.06. The highest BCUT2D eigenvalue weighted by molar-refractivity contribution is 7.85. The summed E-state index contributed by atoms with van der Waals surface area (Å²) in [5.74, 6) is 0. The fourth-order valence-electron chi connectivity index (χ4n) is 2.20. The summed E-state index contributed by atoms with van der Waals surface area (Å²) in [5, 5.41) is 9.34. The van der Waals surface area contributed by atoms with Gasteiger partial charge in [0.2, 0.25) is 0 Å². The van der Waals surface area contributed by atoms with Crippen molar-refractivity contribution in [2.45, 2.75) is 62.4 Å². The third kappa shape index (κ3) is 7.62. The number of rotatable bonds is 1. The van der Waals surface area contributed by atoms with Crippen molar-refractivity contribution in [2.24, 2.45) is 0 Å². The van der Waals surface area contributed by atoms with Crippen molar-refractivity contribution in [3.8, 4) is 0 Å². The van der Waals surface area contributed by atoms with E-state index in [9.17, 15) is 13.5 Å². The van der Waals surface area contributed by atoms with Crippen LogP contribution >= 0.6 is 0 Å². The second kappa shape index (κ2) is 9.10. The second-order valence-corrected chi connectivity index (χ2v) is 6.56. The van der Waals surface area contributed by atoms with E-state index in [1.54, 1.807) is 18.2 Å². The third-order valence-electron chi connectivity index (χ3n) is 3.37. The number of aliphatic hydroxyl groups excluding tert-OH is 1. The predicted molar refractivity (Wildman–Crippen MR) is 79.2 cm³/mol. The molecule has 0 heterocycles. The van der Waals surface area contributed by atoms with Crippen molar-refractivity contribution in [1.29, 1.82) is 0 Å². The van der Waals surface area contributed by atoms with E-state index in [-0.39, 0.29) is 11.0 Å². The normalized spacial score (nSPS) is 18.1. The summed E-state index contributed by atoms with van der Waals surface area (Å²) in [4.78, 5) is -0.0741. The molecule has 0 bridgehead atoms. The second-order valence-electron chi connectivity index (χ2n) is 5.14. The van der Waals surface area contributed by atoms with Gasteiger partial charge in [0.1, 0.15) is 0 Å². The first-order chi connectivity index (χ1) is 9.50. The van der Waals surface area contributed by atoms with Gasteiger partial charge in [-0.05, 0) is 25.0 Å². The maximum Gasteiger partial charge on any atom is 0.294 e. The smallest absolute Gasteiger partial charge is 0.294 e. The van der Waals surface area contributed by atoms with Crippen LogP contribution in [0.4, 0.5) is 0 Å². The standard InChI is InChI=1S/C9H18O.C6H6O3S/c10-9-7-5-3-1-2-4-6-8-9;7-10(8,9)6-4-2-1-3-5-6/h9-10H,1-8H2;1-5H,(H,7,8,9). The minimum atomic E-state index is -4.00. The lowest BCUT2D eigenvalue weighted by Crippen LogP contribution is -2.04. The molecule has 0 amide bonds. The lowest BCUT2D eigenvalue weighted by molar-refractivity contribution is 0.150. The average molecular weight is 300 g/mol. The maximum atomic E-state index is 10.4. The van der Waals surface area contributed by atoms with Crippen LogP contribution in [0.1, 0.15) is 51.4 Å². The van der Waals surface area contributed by atoms with Crippen LogP contribution in [0.15, 0.2) is 35.2 Å². The lowest BCUT2D eigenvalue weighted by atomic mass is 10.1. The van der Waals surface area contributed by atoms with E-state index >= 15 is 0 Å². The van der Waals surface area contributed by atoms with Crippen LogP contribution in [0, 0.1) is 0 Å². The van der Waals surface area contributed by atoms with Crippen LogP contribution in [-0.2, 0) is 10.1 Å². The van der Waals surface area contributed by atoms with Crippen molar-refractivity contribution < 1.29 is 18.1 Å². The Bertz CT molecular complexity index is 446. The molecule has 5 heteroatoms. The van der Waals surface area contributed by atoms with Gasteiger partial charge in [-0.15, -0.1) is 0 Å². The zero-order valence-corrected chi connectivity index (χ0v) is 12.6. The van der Waals surface area contributed by atoms with E-state index in [1.807, 2.05) is 0 Å². The molecule has 0 saturated heterocycles. The minimum absolute atomic E-state index is 0.0121. The van der Waals surface area contributed by atoms with Crippen LogP contribution in [0.5, 0.6) is 0 Å². The maximum absolute atomic E-state index is 10.4. The largest absolute Gasteiger partial charge is 0.393 e. The Morgan fingerprint density at radius 1 is 0.850 bits per heavy atom. The number of aliphatic hydroxyl groups is 1. The summed E-state index contributed by atoms with van der Waals surface area (Å²) in [6, 6.07) is 7.42. The van der Waals surface area contributed by atoms with Gasteiger partial charge in [0, 0.05) is 0 Å². The molecule has 0 spiro atoms. The van der Waals surface area contributed by atoms with Crippen molar-refractivity contribution in [3.63, 3.8) is 0 Å². The Morgan fingerprint density at radius 3 is 1.70 bits per heavy atom. The summed E-state index contributed by atoms with van der Waals surface area (Å²) in [7, 11) is -4.00. The quantitative estimate of drug-likeness (QED) is 0.779. The predicted octanol–water partition coefficient (Wildman–Crippen LogP) is 3.42. The van der Waals surface area contributed by atoms with E-state index < -0.39 is 10.1 Å². The Hall–Kier alpha value is -0.910. The first-order valence-corrected chi connectivity index (χ1v) is 8.65. The van der Waals surface area contributed by atoms with E-state index in [0.717, 1.165) is 12.8 Å². The molecule has 1 aliphatic rings. The fraction of sp³-hybridized carbons (Fsp3) is 0.600. The third-order valence-corrected chi connectivity index (χ3v) is 4.23. The molecular weight excluding hydrogens is 276 g/mol. The van der Waals surface area contributed by atoms with Crippen LogP contribution in [-0.4, -0.2) is 24.2 Å². The van der Waals surface area contributed by atoms with Gasteiger partial charge >= 0.3 is 0 Å². The Kier molecular flexibility index (Phi) is 7.80. The monoisotopic (exact) mass is 300 g/mol. The Balaban J connectivity index is 0.000000200. The van der Waals surface area contributed by atoms with Crippen molar-refractivity contribution in [1.82, 2.24) is 0 Å². The van der Waals surface area contributed by atoms with Crippen molar-refractivity contribution >= 4 is 10.1 Å². The molecule has 20 heavy (non-hydrogen) atoms. The molecule has 1 fully saturated rings. The zero-order chi connectivity index (χ0) is 14.8. The highest BCUT2D eigenvalue weighted by atomic mass is 32.2. The first kappa shape index (κ1) is 17.1. The summed E-state index contributed by atoms with van der Waals surface area (Å²) in [6.07, 6.45) is 9.99. The summed E-state index contributed by atoms with van der Waals surface area (Å²) < 4.78 is 29.2. The zero-order valence-electron chi connectivity index (χ0n) is 11.7. The number of hydrogen-bond acceptors (Lipinski definition) is 3. The SMILES string of the molecule is O=S(=O)(O)c1ccccc1.OC1CCCCCCCC1. The molecule has 0 unspecified atom stereocenters. The van der Waals surface area contributed by atoms with E-state index in [0.29, 0.717) is 0 Å². The van der Waals surface area contributed by atoms with Crippen LogP contribution in [0.3, 0.4) is 0 Å². The van der Waals surface area contributed by atoms with Crippen molar-refractivity contribution in [2.75, 3.05) is 0 Å². The van der Waals surface area contributed by atoms with Crippen LogP contribution < -0.4 is 0 Å². The van der Waals surface area contributed by atoms with Gasteiger partial charge < -0.3 is 5.11 Å². The summed E-state index contributed by atoms with van der Waals surface area (Å²) in [6.45, 7) is 0. The van der Waals surface area contributed by atoms with E-state index in [1.165, 1.54) is 50.7 Å². The van der Waals surface area contributed by atoms with Gasteiger partial charge in [0.15, 0.2) is 0 Å². The highest BCUT2D eigenvalue weighted by Crippen LogP contribution is 2.16. The molecule has 114 valence electrons. The van der Waals surface area contributed by atoms with E-state index in [4.69, 9.17) is 4.55 Å². The lowest BCUT2D eigenvalue weighted by Gasteiger charge is -2.06. The van der Waals surface area contributed by atoms with Crippen LogP contribution in [0.2, 0.25) is 0 Å². The molecule has 2 N–H and O–H groups in total. The molecule has 1 aromatic rings. The van der Waals surface area contributed by atoms with Crippen LogP contribution in [0.25, 0.3) is 0 Å². The fourth-order valence-corrected chi connectivity index (χ4v) is 2.70. The minimum Gasteiger partial charge on any atom is -0.393 e. The van der Waals surface area contributed by atoms with Gasteiger partial charge in [-0.3, -0.25) is 4.55 Å². The van der Waals surface area contributed by atoms with Gasteiger partial charge in [-0.1, -0.05) is 56.7 Å². The Morgan fingerprint density at radius 2 is 1.30 bits per heavy atom. The van der Waals surface area contributed by atoms with Gasteiger partial charge in [0.05, 0.1) is 11.0 Å². The molecule has 0 aliphatic heterocycles. The molecule has 1 aliphatic carbocycles. The topological polar surface area (TPSA) is 74.6 Å². The summed E-state index contributed by atoms with van der Waals surface area (Å²) >= 11 is 0. The molecule has 1 aromatic carbocycles. The Labute approximate surface area is 121 Å². The molecule has 2 rings (SSSR count). The average Bonchev–Trinajstić information content (AvgIpc) is 2.53.